The average Bonchev–Trinajstić information content (AvgIpc) is 3.63. The first-order chi connectivity index (χ1) is 20.1. The number of hydrogen-bond acceptors (Lipinski definition) is 7. The SMILES string of the molecule is CN(Cc1ccc2c(c1)C(=O)CC2)C(=O)OC(C)(C)C.CN(Cc1ccc2c(c1)C1(CC2)OCCO1)C(=O)OC(C)(C)C. The van der Waals surface area contributed by atoms with Crippen LogP contribution in [0.5, 0.6) is 0 Å². The van der Waals surface area contributed by atoms with Crippen molar-refractivity contribution in [3.63, 3.8) is 0 Å². The molecule has 3 aliphatic rings. The third kappa shape index (κ3) is 8.36. The van der Waals surface area contributed by atoms with E-state index in [9.17, 15) is 14.4 Å². The number of fused-ring (bicyclic) bond motifs is 3. The van der Waals surface area contributed by atoms with Crippen molar-refractivity contribution in [2.24, 2.45) is 0 Å². The largest absolute Gasteiger partial charge is 0.444 e. The van der Waals surface area contributed by atoms with E-state index in [1.807, 2.05) is 59.7 Å². The van der Waals surface area contributed by atoms with Crippen LogP contribution in [0.3, 0.4) is 0 Å². The highest BCUT2D eigenvalue weighted by atomic mass is 16.7. The highest BCUT2D eigenvalue weighted by molar-refractivity contribution is 6.00. The van der Waals surface area contributed by atoms with Crippen molar-refractivity contribution >= 4 is 18.0 Å². The summed E-state index contributed by atoms with van der Waals surface area (Å²) in [5.41, 5.74) is 5.32. The summed E-state index contributed by atoms with van der Waals surface area (Å²) >= 11 is 0. The van der Waals surface area contributed by atoms with Crippen LogP contribution in [0.2, 0.25) is 0 Å². The molecule has 43 heavy (non-hydrogen) atoms. The summed E-state index contributed by atoms with van der Waals surface area (Å²) in [7, 11) is 3.45. The number of aryl methyl sites for hydroxylation is 2. The molecule has 9 nitrogen and oxygen atoms in total. The molecule has 0 unspecified atom stereocenters. The molecule has 9 heteroatoms. The molecule has 0 saturated carbocycles. The van der Waals surface area contributed by atoms with Gasteiger partial charge in [-0.2, -0.15) is 0 Å². The fraction of sp³-hybridized carbons (Fsp3) is 0.559. The molecule has 234 valence electrons. The number of rotatable bonds is 4. The van der Waals surface area contributed by atoms with E-state index in [1.54, 1.807) is 19.0 Å². The minimum Gasteiger partial charge on any atom is -0.444 e. The van der Waals surface area contributed by atoms with Crippen LogP contribution in [0, 0.1) is 0 Å². The Morgan fingerprint density at radius 3 is 1.81 bits per heavy atom. The van der Waals surface area contributed by atoms with Gasteiger partial charge in [-0.25, -0.2) is 9.59 Å². The van der Waals surface area contributed by atoms with Gasteiger partial charge in [-0.1, -0.05) is 24.3 Å². The van der Waals surface area contributed by atoms with Crippen molar-refractivity contribution in [1.29, 1.82) is 0 Å². The molecule has 0 N–H and O–H groups in total. The van der Waals surface area contributed by atoms with Crippen LogP contribution in [0.4, 0.5) is 9.59 Å². The van der Waals surface area contributed by atoms with Crippen LogP contribution in [0.1, 0.15) is 92.6 Å². The van der Waals surface area contributed by atoms with E-state index in [2.05, 4.69) is 18.2 Å². The number of carbonyl (C=O) groups is 3. The van der Waals surface area contributed by atoms with Gasteiger partial charge >= 0.3 is 12.2 Å². The maximum atomic E-state index is 12.1. The Balaban J connectivity index is 0.000000199. The van der Waals surface area contributed by atoms with Crippen LogP contribution < -0.4 is 0 Å². The van der Waals surface area contributed by atoms with Crippen molar-refractivity contribution in [2.45, 2.75) is 97.3 Å². The summed E-state index contributed by atoms with van der Waals surface area (Å²) < 4.78 is 22.4. The fourth-order valence-electron chi connectivity index (χ4n) is 5.42. The molecule has 1 heterocycles. The summed E-state index contributed by atoms with van der Waals surface area (Å²) in [5.74, 6) is -0.364. The molecular formula is C34H46N2O7. The predicted molar refractivity (Wildman–Crippen MR) is 163 cm³/mol. The maximum absolute atomic E-state index is 12.1. The number of amides is 2. The predicted octanol–water partition coefficient (Wildman–Crippen LogP) is 6.38. The quantitative estimate of drug-likeness (QED) is 0.405. The van der Waals surface area contributed by atoms with E-state index in [0.29, 0.717) is 32.7 Å². The van der Waals surface area contributed by atoms with E-state index in [4.69, 9.17) is 18.9 Å². The fourth-order valence-corrected chi connectivity index (χ4v) is 5.42. The van der Waals surface area contributed by atoms with Gasteiger partial charge in [0.2, 0.25) is 0 Å². The van der Waals surface area contributed by atoms with Gasteiger partial charge in [0, 0.05) is 51.2 Å². The number of ketones is 1. The molecule has 5 rings (SSSR count). The van der Waals surface area contributed by atoms with E-state index in [1.165, 1.54) is 10.5 Å². The third-order valence-corrected chi connectivity index (χ3v) is 7.41. The summed E-state index contributed by atoms with van der Waals surface area (Å²) in [6, 6.07) is 12.1. The number of hydrogen-bond donors (Lipinski definition) is 0. The zero-order valence-corrected chi connectivity index (χ0v) is 26.9. The first-order valence-corrected chi connectivity index (χ1v) is 15.0. The molecule has 2 aromatic carbocycles. The van der Waals surface area contributed by atoms with E-state index in [-0.39, 0.29) is 18.0 Å². The second kappa shape index (κ2) is 12.7. The van der Waals surface area contributed by atoms with Gasteiger partial charge in [0.15, 0.2) is 11.6 Å². The Morgan fingerprint density at radius 1 is 0.767 bits per heavy atom. The Bertz CT molecular complexity index is 1350. The molecule has 1 aliphatic heterocycles. The second-order valence-corrected chi connectivity index (χ2v) is 13.5. The number of ether oxygens (including phenoxy) is 4. The topological polar surface area (TPSA) is 94.6 Å². The van der Waals surface area contributed by atoms with Gasteiger partial charge in [-0.05, 0) is 88.8 Å². The van der Waals surface area contributed by atoms with E-state index < -0.39 is 17.0 Å². The lowest BCUT2D eigenvalue weighted by atomic mass is 10.0. The normalized spacial score (nSPS) is 16.7. The molecule has 2 aliphatic carbocycles. The Kier molecular flexibility index (Phi) is 9.57. The first-order valence-electron chi connectivity index (χ1n) is 15.0. The highest BCUT2D eigenvalue weighted by Crippen LogP contribution is 2.43. The lowest BCUT2D eigenvalue weighted by Gasteiger charge is -2.26. The molecule has 0 atom stereocenters. The molecule has 0 bridgehead atoms. The van der Waals surface area contributed by atoms with E-state index >= 15 is 0 Å². The van der Waals surface area contributed by atoms with E-state index in [0.717, 1.165) is 47.1 Å². The van der Waals surface area contributed by atoms with Crippen LogP contribution >= 0.6 is 0 Å². The molecule has 0 aromatic heterocycles. The van der Waals surface area contributed by atoms with Crippen LogP contribution in [-0.2, 0) is 50.7 Å². The zero-order chi connectivity index (χ0) is 31.6. The van der Waals surface area contributed by atoms with Crippen molar-refractivity contribution < 1.29 is 33.3 Å². The Labute approximate surface area is 255 Å². The Morgan fingerprint density at radius 2 is 1.28 bits per heavy atom. The molecule has 2 aromatic rings. The minimum absolute atomic E-state index is 0.196. The molecule has 0 radical (unpaired) electrons. The lowest BCUT2D eigenvalue weighted by molar-refractivity contribution is -0.163. The summed E-state index contributed by atoms with van der Waals surface area (Å²) in [6.07, 6.45) is 2.59. The number of benzene rings is 2. The van der Waals surface area contributed by atoms with Gasteiger partial charge in [0.05, 0.1) is 13.2 Å². The van der Waals surface area contributed by atoms with Gasteiger partial charge in [-0.15, -0.1) is 0 Å². The number of nitrogens with zero attached hydrogens (tertiary/aromatic N) is 2. The summed E-state index contributed by atoms with van der Waals surface area (Å²) in [6.45, 7) is 13.3. The monoisotopic (exact) mass is 594 g/mol. The van der Waals surface area contributed by atoms with Gasteiger partial charge in [0.1, 0.15) is 11.2 Å². The molecular weight excluding hydrogens is 548 g/mol. The summed E-state index contributed by atoms with van der Waals surface area (Å²) in [5, 5.41) is 0. The van der Waals surface area contributed by atoms with Crippen molar-refractivity contribution in [3.05, 3.63) is 69.8 Å². The van der Waals surface area contributed by atoms with Crippen LogP contribution in [-0.4, -0.2) is 66.3 Å². The summed E-state index contributed by atoms with van der Waals surface area (Å²) in [4.78, 5) is 38.8. The molecule has 1 fully saturated rings. The van der Waals surface area contributed by atoms with Crippen LogP contribution in [0.15, 0.2) is 36.4 Å². The second-order valence-electron chi connectivity index (χ2n) is 13.5. The zero-order valence-electron chi connectivity index (χ0n) is 26.9. The van der Waals surface area contributed by atoms with Gasteiger partial charge in [-0.3, -0.25) is 4.79 Å². The average molecular weight is 595 g/mol. The molecule has 1 saturated heterocycles. The first kappa shape index (κ1) is 32.5. The maximum Gasteiger partial charge on any atom is 0.410 e. The molecule has 2 amide bonds. The lowest BCUT2D eigenvalue weighted by Crippen LogP contribution is -2.33. The van der Waals surface area contributed by atoms with Gasteiger partial charge in [0.25, 0.3) is 0 Å². The number of carbonyl (C=O) groups excluding carboxylic acids is 3. The third-order valence-electron chi connectivity index (χ3n) is 7.41. The van der Waals surface area contributed by atoms with Crippen molar-refractivity contribution in [3.8, 4) is 0 Å². The minimum atomic E-state index is -0.560. The molecule has 1 spiro atoms. The number of Topliss-reactive ketones (excluding diaryl/α,β-unsaturated/α-hetero) is 1. The highest BCUT2D eigenvalue weighted by Gasteiger charge is 2.44. The Hall–Kier alpha value is -3.43. The van der Waals surface area contributed by atoms with Gasteiger partial charge < -0.3 is 28.7 Å². The smallest absolute Gasteiger partial charge is 0.410 e. The van der Waals surface area contributed by atoms with Crippen molar-refractivity contribution in [2.75, 3.05) is 27.3 Å². The standard InChI is InChI=1S/C18H25NO4.C16H21NO3/c1-17(2,3)23-16(20)19(4)12-13-5-6-14-7-8-18(15(14)11-13)21-9-10-22-18;1-16(2,3)20-15(19)17(4)10-11-5-6-12-7-8-14(18)13(12)9-11/h5-6,11H,7-10,12H2,1-4H3;5-6,9H,7-8,10H2,1-4H3. The van der Waals surface area contributed by atoms with Crippen LogP contribution in [0.25, 0.3) is 0 Å². The van der Waals surface area contributed by atoms with Crippen molar-refractivity contribution in [1.82, 2.24) is 9.80 Å².